The Hall–Kier alpha value is -1.43. The molecule has 82 valence electrons. The number of imidazole rings is 1. The van der Waals surface area contributed by atoms with E-state index in [4.69, 9.17) is 6.42 Å². The third-order valence-corrected chi connectivity index (χ3v) is 2.38. The largest absolute Gasteiger partial charge is 0.325 e. The Morgan fingerprint density at radius 2 is 2.33 bits per heavy atom. The van der Waals surface area contributed by atoms with E-state index in [0.29, 0.717) is 6.42 Å². The van der Waals surface area contributed by atoms with Crippen molar-refractivity contribution >= 4 is 0 Å². The maximum Gasteiger partial charge on any atom is 0.325 e. The maximum absolute atomic E-state index is 11.5. The normalized spacial score (nSPS) is 10.1. The zero-order valence-electron chi connectivity index (χ0n) is 9.25. The van der Waals surface area contributed by atoms with E-state index >= 15 is 0 Å². The number of aryl methyl sites for hydroxylation is 2. The summed E-state index contributed by atoms with van der Waals surface area (Å²) in [7, 11) is 0. The topological polar surface area (TPSA) is 37.8 Å². The average molecular weight is 206 g/mol. The lowest BCUT2D eigenvalue weighted by Gasteiger charge is -1.98. The minimum absolute atomic E-state index is 0.0156. The second-order valence-corrected chi connectivity index (χ2v) is 3.69. The van der Waals surface area contributed by atoms with Gasteiger partial charge in [0, 0.05) is 24.9 Å². The number of hydrogen-bond acceptors (Lipinski definition) is 1. The van der Waals surface area contributed by atoms with Crippen molar-refractivity contribution in [2.24, 2.45) is 0 Å². The van der Waals surface area contributed by atoms with Crippen LogP contribution >= 0.6 is 0 Å². The Morgan fingerprint density at radius 3 is 3.00 bits per heavy atom. The van der Waals surface area contributed by atoms with Crippen LogP contribution < -0.4 is 5.69 Å². The Balaban J connectivity index is 2.54. The van der Waals surface area contributed by atoms with E-state index in [1.165, 1.54) is 6.42 Å². The molecule has 0 bridgehead atoms. The zero-order chi connectivity index (χ0) is 11.1. The van der Waals surface area contributed by atoms with Crippen LogP contribution in [0.4, 0.5) is 0 Å². The van der Waals surface area contributed by atoms with Gasteiger partial charge >= 0.3 is 5.69 Å². The van der Waals surface area contributed by atoms with Crippen molar-refractivity contribution in [2.45, 2.75) is 45.6 Å². The van der Waals surface area contributed by atoms with Gasteiger partial charge in [-0.1, -0.05) is 19.8 Å². The maximum atomic E-state index is 11.5. The van der Waals surface area contributed by atoms with Crippen LogP contribution in [0.25, 0.3) is 0 Å². The molecule has 0 aliphatic carbocycles. The van der Waals surface area contributed by atoms with Crippen LogP contribution in [0.15, 0.2) is 11.0 Å². The van der Waals surface area contributed by atoms with Gasteiger partial charge in [-0.05, 0) is 12.8 Å². The van der Waals surface area contributed by atoms with Crippen LogP contribution in [-0.4, -0.2) is 9.55 Å². The molecule has 1 N–H and O–H groups in total. The van der Waals surface area contributed by atoms with Gasteiger partial charge in [0.15, 0.2) is 0 Å². The number of rotatable bonds is 6. The first-order valence-corrected chi connectivity index (χ1v) is 5.49. The highest BCUT2D eigenvalue weighted by atomic mass is 16.1. The van der Waals surface area contributed by atoms with Gasteiger partial charge in [0.25, 0.3) is 0 Å². The summed E-state index contributed by atoms with van der Waals surface area (Å²) < 4.78 is 1.74. The molecule has 1 aromatic heterocycles. The van der Waals surface area contributed by atoms with Gasteiger partial charge in [0.05, 0.1) is 0 Å². The zero-order valence-corrected chi connectivity index (χ0v) is 9.25. The second-order valence-electron chi connectivity index (χ2n) is 3.69. The molecule has 3 nitrogen and oxygen atoms in total. The molecular formula is C12H18N2O. The van der Waals surface area contributed by atoms with Crippen LogP contribution in [0.2, 0.25) is 0 Å². The number of hydrogen-bond donors (Lipinski definition) is 1. The molecule has 0 unspecified atom stereocenters. The minimum Gasteiger partial charge on any atom is -0.310 e. The summed E-state index contributed by atoms with van der Waals surface area (Å²) in [4.78, 5) is 14.3. The molecular weight excluding hydrogens is 188 g/mol. The number of aromatic nitrogens is 2. The molecule has 0 atom stereocenters. The molecule has 0 saturated carbocycles. The highest BCUT2D eigenvalue weighted by molar-refractivity contribution is 5.00. The quantitative estimate of drug-likeness (QED) is 0.560. The summed E-state index contributed by atoms with van der Waals surface area (Å²) in [6.45, 7) is 2.96. The Bertz CT molecular complexity index is 381. The summed E-state index contributed by atoms with van der Waals surface area (Å²) in [6, 6.07) is 0. The van der Waals surface area contributed by atoms with Crippen molar-refractivity contribution < 1.29 is 0 Å². The first-order valence-electron chi connectivity index (χ1n) is 5.49. The fourth-order valence-electron chi connectivity index (χ4n) is 1.52. The lowest BCUT2D eigenvalue weighted by atomic mass is 10.2. The number of terminal acetylenes is 1. The van der Waals surface area contributed by atoms with E-state index < -0.39 is 0 Å². The van der Waals surface area contributed by atoms with Crippen molar-refractivity contribution in [3.05, 3.63) is 22.4 Å². The fourth-order valence-corrected chi connectivity index (χ4v) is 1.52. The minimum atomic E-state index is -0.0156. The summed E-state index contributed by atoms with van der Waals surface area (Å²) in [5, 5.41) is 0. The number of unbranched alkanes of at least 4 members (excludes halogenated alkanes) is 2. The lowest BCUT2D eigenvalue weighted by Crippen LogP contribution is -2.16. The second kappa shape index (κ2) is 6.13. The third-order valence-electron chi connectivity index (χ3n) is 2.38. The molecule has 0 radical (unpaired) electrons. The van der Waals surface area contributed by atoms with E-state index in [1.54, 1.807) is 4.57 Å². The summed E-state index contributed by atoms with van der Waals surface area (Å²) in [5.41, 5.74) is 0.924. The first kappa shape index (κ1) is 11.6. The van der Waals surface area contributed by atoms with Crippen LogP contribution in [0.1, 0.15) is 38.3 Å². The number of aromatic amines is 1. The molecule has 0 aromatic carbocycles. The SMILES string of the molecule is C#CCCc1cn(CCCCC)c(=O)[nH]1. The monoisotopic (exact) mass is 206 g/mol. The molecule has 0 saturated heterocycles. The van der Waals surface area contributed by atoms with Gasteiger partial charge in [-0.2, -0.15) is 0 Å². The highest BCUT2D eigenvalue weighted by Gasteiger charge is 2.01. The average Bonchev–Trinajstić information content (AvgIpc) is 2.57. The van der Waals surface area contributed by atoms with E-state index in [9.17, 15) is 4.79 Å². The van der Waals surface area contributed by atoms with Gasteiger partial charge in [0.1, 0.15) is 0 Å². The smallest absolute Gasteiger partial charge is 0.310 e. The van der Waals surface area contributed by atoms with Gasteiger partial charge in [-0.25, -0.2) is 4.79 Å². The standard InChI is InChI=1S/C12H18N2O/c1-3-5-7-9-14-10-11(8-6-4-2)13-12(14)15/h2,10H,3,5-9H2,1H3,(H,13,15). The van der Waals surface area contributed by atoms with E-state index in [1.807, 2.05) is 6.20 Å². The van der Waals surface area contributed by atoms with E-state index in [-0.39, 0.29) is 5.69 Å². The van der Waals surface area contributed by atoms with Crippen molar-refractivity contribution in [2.75, 3.05) is 0 Å². The molecule has 15 heavy (non-hydrogen) atoms. The Morgan fingerprint density at radius 1 is 1.53 bits per heavy atom. The molecule has 1 heterocycles. The van der Waals surface area contributed by atoms with Crippen LogP contribution in [0, 0.1) is 12.3 Å². The number of H-pyrrole nitrogens is 1. The van der Waals surface area contributed by atoms with Crippen LogP contribution in [0.5, 0.6) is 0 Å². The fraction of sp³-hybridized carbons (Fsp3) is 0.583. The molecule has 0 fully saturated rings. The van der Waals surface area contributed by atoms with Crippen molar-refractivity contribution in [1.29, 1.82) is 0 Å². The molecule has 0 aliphatic heterocycles. The molecule has 0 spiro atoms. The Kier molecular flexibility index (Phi) is 4.76. The predicted molar refractivity (Wildman–Crippen MR) is 61.7 cm³/mol. The molecule has 1 aromatic rings. The summed E-state index contributed by atoms with van der Waals surface area (Å²) in [6.07, 6.45) is 11.9. The summed E-state index contributed by atoms with van der Waals surface area (Å²) >= 11 is 0. The van der Waals surface area contributed by atoms with Crippen molar-refractivity contribution in [3.8, 4) is 12.3 Å². The Labute approximate surface area is 90.5 Å². The van der Waals surface area contributed by atoms with E-state index in [0.717, 1.165) is 31.5 Å². The molecule has 3 heteroatoms. The van der Waals surface area contributed by atoms with E-state index in [2.05, 4.69) is 17.8 Å². The first-order chi connectivity index (χ1) is 7.27. The molecule has 0 amide bonds. The van der Waals surface area contributed by atoms with Crippen molar-refractivity contribution in [1.82, 2.24) is 9.55 Å². The van der Waals surface area contributed by atoms with Gasteiger partial charge in [-0.3, -0.25) is 4.57 Å². The summed E-state index contributed by atoms with van der Waals surface area (Å²) in [5.74, 6) is 2.57. The lowest BCUT2D eigenvalue weighted by molar-refractivity contribution is 0.589. The van der Waals surface area contributed by atoms with Crippen LogP contribution in [-0.2, 0) is 13.0 Å². The van der Waals surface area contributed by atoms with Gasteiger partial charge in [-0.15, -0.1) is 12.3 Å². The van der Waals surface area contributed by atoms with Crippen molar-refractivity contribution in [3.63, 3.8) is 0 Å². The highest BCUT2D eigenvalue weighted by Crippen LogP contribution is 2.00. The predicted octanol–water partition coefficient (Wildman–Crippen LogP) is 1.93. The van der Waals surface area contributed by atoms with Crippen LogP contribution in [0.3, 0.4) is 0 Å². The van der Waals surface area contributed by atoms with Gasteiger partial charge < -0.3 is 4.98 Å². The number of nitrogens with zero attached hydrogens (tertiary/aromatic N) is 1. The van der Waals surface area contributed by atoms with Gasteiger partial charge in [0.2, 0.25) is 0 Å². The molecule has 1 rings (SSSR count). The number of nitrogens with one attached hydrogen (secondary N) is 1. The third kappa shape index (κ3) is 3.67. The molecule has 0 aliphatic rings.